The number of nitrogens with one attached hydrogen (secondary N) is 2. The topological polar surface area (TPSA) is 111 Å². The third kappa shape index (κ3) is 5.49. The SMILES string of the molecule is COC(=O)c1c(NC(=O)CCC(=O)Nc2sc3c(c2C(=O)OC)CC[C@H](C)C3)sc2c1CC[C@@H](C)C2. The predicted molar refractivity (Wildman–Crippen MR) is 140 cm³/mol. The van der Waals surface area contributed by atoms with Gasteiger partial charge in [-0.1, -0.05) is 13.8 Å². The molecule has 2 aliphatic rings. The summed E-state index contributed by atoms with van der Waals surface area (Å²) in [6.07, 6.45) is 5.16. The van der Waals surface area contributed by atoms with E-state index in [9.17, 15) is 19.2 Å². The zero-order chi connectivity index (χ0) is 26.0. The number of ether oxygens (including phenoxy) is 2. The minimum absolute atomic E-state index is 0.0545. The summed E-state index contributed by atoms with van der Waals surface area (Å²) in [5.74, 6) is -0.573. The second kappa shape index (κ2) is 11.1. The largest absolute Gasteiger partial charge is 0.465 e. The van der Waals surface area contributed by atoms with E-state index in [0.717, 1.165) is 59.4 Å². The molecule has 0 saturated carbocycles. The van der Waals surface area contributed by atoms with Gasteiger partial charge < -0.3 is 20.1 Å². The number of hydrogen-bond acceptors (Lipinski definition) is 8. The minimum Gasteiger partial charge on any atom is -0.465 e. The van der Waals surface area contributed by atoms with Gasteiger partial charge in [0.15, 0.2) is 0 Å². The van der Waals surface area contributed by atoms with E-state index >= 15 is 0 Å². The van der Waals surface area contributed by atoms with Crippen molar-refractivity contribution in [2.75, 3.05) is 24.9 Å². The zero-order valence-corrected chi connectivity index (χ0v) is 22.7. The second-order valence-corrected chi connectivity index (χ2v) is 11.9. The maximum atomic E-state index is 12.7. The normalized spacial score (nSPS) is 18.6. The Balaban J connectivity index is 1.42. The van der Waals surface area contributed by atoms with Gasteiger partial charge in [-0.3, -0.25) is 9.59 Å². The molecule has 8 nitrogen and oxygen atoms in total. The smallest absolute Gasteiger partial charge is 0.341 e. The molecule has 10 heteroatoms. The van der Waals surface area contributed by atoms with Crippen LogP contribution in [0.25, 0.3) is 0 Å². The first kappa shape index (κ1) is 26.3. The number of carbonyl (C=O) groups excluding carboxylic acids is 4. The zero-order valence-electron chi connectivity index (χ0n) is 21.1. The van der Waals surface area contributed by atoms with Gasteiger partial charge in [-0.25, -0.2) is 9.59 Å². The van der Waals surface area contributed by atoms with Crippen molar-refractivity contribution < 1.29 is 28.7 Å². The highest BCUT2D eigenvalue weighted by atomic mass is 32.1. The van der Waals surface area contributed by atoms with Gasteiger partial charge >= 0.3 is 11.9 Å². The Hall–Kier alpha value is -2.72. The average Bonchev–Trinajstić information content (AvgIpc) is 3.37. The molecule has 0 bridgehead atoms. The van der Waals surface area contributed by atoms with Gasteiger partial charge in [0.05, 0.1) is 25.3 Å². The molecule has 2 aliphatic carbocycles. The fraction of sp³-hybridized carbons (Fsp3) is 0.538. The van der Waals surface area contributed by atoms with Crippen molar-refractivity contribution in [3.05, 3.63) is 32.0 Å². The van der Waals surface area contributed by atoms with E-state index in [1.165, 1.54) is 36.9 Å². The summed E-state index contributed by atoms with van der Waals surface area (Å²) < 4.78 is 9.94. The first-order chi connectivity index (χ1) is 17.2. The summed E-state index contributed by atoms with van der Waals surface area (Å²) in [6.45, 7) is 4.35. The number of rotatable bonds is 7. The van der Waals surface area contributed by atoms with Gasteiger partial charge in [-0.05, 0) is 61.5 Å². The Morgan fingerprint density at radius 1 is 0.750 bits per heavy atom. The molecule has 0 spiro atoms. The van der Waals surface area contributed by atoms with E-state index in [-0.39, 0.29) is 24.7 Å². The molecule has 2 heterocycles. The van der Waals surface area contributed by atoms with Crippen LogP contribution in [0.1, 0.15) is 81.1 Å². The van der Waals surface area contributed by atoms with Crippen LogP contribution in [0.15, 0.2) is 0 Å². The fourth-order valence-electron chi connectivity index (χ4n) is 4.92. The predicted octanol–water partition coefficient (Wildman–Crippen LogP) is 4.99. The molecule has 194 valence electrons. The number of thiophene rings is 2. The number of hydrogen-bond donors (Lipinski definition) is 2. The van der Waals surface area contributed by atoms with Gasteiger partial charge in [0, 0.05) is 22.6 Å². The first-order valence-corrected chi connectivity index (χ1v) is 13.9. The van der Waals surface area contributed by atoms with Crippen LogP contribution in [-0.2, 0) is 44.7 Å². The van der Waals surface area contributed by atoms with Crippen LogP contribution >= 0.6 is 22.7 Å². The molecule has 36 heavy (non-hydrogen) atoms. The van der Waals surface area contributed by atoms with Crippen molar-refractivity contribution in [2.24, 2.45) is 11.8 Å². The number of carbonyl (C=O) groups is 4. The van der Waals surface area contributed by atoms with Crippen LogP contribution in [-0.4, -0.2) is 38.0 Å². The molecule has 0 unspecified atom stereocenters. The molecule has 0 saturated heterocycles. The summed E-state index contributed by atoms with van der Waals surface area (Å²) in [6, 6.07) is 0. The Labute approximate surface area is 218 Å². The number of anilines is 2. The van der Waals surface area contributed by atoms with Gasteiger partial charge in [0.25, 0.3) is 0 Å². The van der Waals surface area contributed by atoms with Gasteiger partial charge in [0.1, 0.15) is 10.0 Å². The number of amides is 2. The molecule has 2 aromatic heterocycles. The summed E-state index contributed by atoms with van der Waals surface area (Å²) in [4.78, 5) is 52.5. The highest BCUT2D eigenvalue weighted by Crippen LogP contribution is 2.41. The van der Waals surface area contributed by atoms with Crippen molar-refractivity contribution in [1.29, 1.82) is 0 Å². The average molecular weight is 533 g/mol. The number of fused-ring (bicyclic) bond motifs is 2. The molecule has 4 rings (SSSR count). The maximum Gasteiger partial charge on any atom is 0.341 e. The highest BCUT2D eigenvalue weighted by Gasteiger charge is 2.30. The van der Waals surface area contributed by atoms with Crippen molar-refractivity contribution in [2.45, 2.75) is 65.2 Å². The summed E-state index contributed by atoms with van der Waals surface area (Å²) in [5, 5.41) is 6.63. The Bertz CT molecular complexity index is 1110. The Morgan fingerprint density at radius 2 is 1.14 bits per heavy atom. The standard InChI is InChI=1S/C26H32N2O6S2/c1-13-5-7-15-17(11-13)35-23(21(15)25(31)33-3)27-19(29)9-10-20(30)28-24-22(26(32)34-4)16-8-6-14(2)12-18(16)36-24/h13-14H,5-12H2,1-4H3,(H,27,29)(H,28,30)/t13-,14+. The Morgan fingerprint density at radius 3 is 1.50 bits per heavy atom. The maximum absolute atomic E-state index is 12.7. The second-order valence-electron chi connectivity index (χ2n) is 9.69. The van der Waals surface area contributed by atoms with Crippen LogP contribution < -0.4 is 10.6 Å². The summed E-state index contributed by atoms with van der Waals surface area (Å²) in [5.41, 5.74) is 2.79. The van der Waals surface area contributed by atoms with Crippen LogP contribution in [0.5, 0.6) is 0 Å². The molecule has 0 radical (unpaired) electrons. The third-order valence-electron chi connectivity index (χ3n) is 6.89. The van der Waals surface area contributed by atoms with E-state index in [1.54, 1.807) is 0 Å². The van der Waals surface area contributed by atoms with Crippen molar-refractivity contribution >= 4 is 56.4 Å². The molecular weight excluding hydrogens is 500 g/mol. The van der Waals surface area contributed by atoms with Crippen LogP contribution in [0.2, 0.25) is 0 Å². The van der Waals surface area contributed by atoms with Crippen molar-refractivity contribution in [3.8, 4) is 0 Å². The fourth-order valence-corrected chi connectivity index (χ4v) is 7.75. The van der Waals surface area contributed by atoms with E-state index < -0.39 is 11.9 Å². The molecule has 2 amide bonds. The molecule has 0 fully saturated rings. The van der Waals surface area contributed by atoms with E-state index in [4.69, 9.17) is 9.47 Å². The van der Waals surface area contributed by atoms with E-state index in [2.05, 4.69) is 24.5 Å². The number of methoxy groups -OCH3 is 2. The monoisotopic (exact) mass is 532 g/mol. The van der Waals surface area contributed by atoms with Gasteiger partial charge in [-0.15, -0.1) is 22.7 Å². The van der Waals surface area contributed by atoms with Crippen LogP contribution in [0, 0.1) is 11.8 Å². The molecule has 2 aromatic rings. The summed E-state index contributed by atoms with van der Waals surface area (Å²) in [7, 11) is 2.67. The van der Waals surface area contributed by atoms with E-state index in [0.29, 0.717) is 33.0 Å². The highest BCUT2D eigenvalue weighted by molar-refractivity contribution is 7.17. The van der Waals surface area contributed by atoms with Crippen LogP contribution in [0.3, 0.4) is 0 Å². The lowest BCUT2D eigenvalue weighted by Crippen LogP contribution is -2.19. The Kier molecular flexibility index (Phi) is 8.14. The van der Waals surface area contributed by atoms with Crippen molar-refractivity contribution in [1.82, 2.24) is 0 Å². The van der Waals surface area contributed by atoms with Crippen LogP contribution in [0.4, 0.5) is 10.0 Å². The van der Waals surface area contributed by atoms with E-state index in [1.807, 2.05) is 0 Å². The number of esters is 2. The molecule has 0 aromatic carbocycles. The summed E-state index contributed by atoms with van der Waals surface area (Å²) >= 11 is 2.83. The van der Waals surface area contributed by atoms with Gasteiger partial charge in [0.2, 0.25) is 11.8 Å². The van der Waals surface area contributed by atoms with Crippen molar-refractivity contribution in [3.63, 3.8) is 0 Å². The lowest BCUT2D eigenvalue weighted by molar-refractivity contribution is -0.121. The third-order valence-corrected chi connectivity index (χ3v) is 9.23. The molecule has 2 atom stereocenters. The molecular formula is C26H32N2O6S2. The minimum atomic E-state index is -0.457. The molecule has 0 aliphatic heterocycles. The first-order valence-electron chi connectivity index (χ1n) is 12.3. The molecule has 2 N–H and O–H groups in total. The quantitative estimate of drug-likeness (QED) is 0.486. The lowest BCUT2D eigenvalue weighted by atomic mass is 9.88. The lowest BCUT2D eigenvalue weighted by Gasteiger charge is -2.18. The van der Waals surface area contributed by atoms with Gasteiger partial charge in [-0.2, -0.15) is 0 Å².